The maximum Gasteiger partial charge on any atom is 0.240 e. The van der Waals surface area contributed by atoms with E-state index in [9.17, 15) is 13.2 Å². The molecule has 0 spiro atoms. The van der Waals surface area contributed by atoms with E-state index in [0.717, 1.165) is 30.8 Å². The molecule has 3 rings (SSSR count). The number of anilines is 1. The van der Waals surface area contributed by atoms with Crippen LogP contribution >= 0.6 is 12.4 Å². The Kier molecular flexibility index (Phi) is 5.67. The number of halogens is 1. The molecular weight excluding hydrogens is 338 g/mol. The Morgan fingerprint density at radius 3 is 2.87 bits per heavy atom. The lowest BCUT2D eigenvalue weighted by atomic mass is 10.1. The van der Waals surface area contributed by atoms with E-state index >= 15 is 0 Å². The van der Waals surface area contributed by atoms with E-state index in [1.54, 1.807) is 23.1 Å². The van der Waals surface area contributed by atoms with Crippen molar-refractivity contribution in [2.24, 2.45) is 5.92 Å². The summed E-state index contributed by atoms with van der Waals surface area (Å²) >= 11 is 0. The van der Waals surface area contributed by atoms with Gasteiger partial charge in [0.15, 0.2) is 0 Å². The number of hydrogen-bond donors (Lipinski definition) is 2. The number of sulfonamides is 1. The second kappa shape index (κ2) is 7.17. The van der Waals surface area contributed by atoms with Crippen LogP contribution in [-0.2, 0) is 21.2 Å². The van der Waals surface area contributed by atoms with E-state index in [-0.39, 0.29) is 23.2 Å². The van der Waals surface area contributed by atoms with Gasteiger partial charge in [-0.3, -0.25) is 4.79 Å². The molecule has 1 unspecified atom stereocenters. The summed E-state index contributed by atoms with van der Waals surface area (Å²) in [5.74, 6) is 0.346. The molecule has 2 heterocycles. The van der Waals surface area contributed by atoms with Crippen LogP contribution in [0.1, 0.15) is 18.9 Å². The molecule has 2 aliphatic heterocycles. The number of carbonyl (C=O) groups is 1. The highest BCUT2D eigenvalue weighted by atomic mass is 35.5. The number of nitrogens with zero attached hydrogens (tertiary/aromatic N) is 1. The number of benzene rings is 1. The van der Waals surface area contributed by atoms with Crippen LogP contribution in [0.25, 0.3) is 0 Å². The van der Waals surface area contributed by atoms with E-state index in [1.807, 2.05) is 0 Å². The SMILES string of the molecule is CC(=O)N1CCc2cc(S(=O)(=O)NCC3CCNC3)ccc21.Cl. The molecule has 6 nitrogen and oxygen atoms in total. The smallest absolute Gasteiger partial charge is 0.240 e. The molecule has 2 N–H and O–H groups in total. The summed E-state index contributed by atoms with van der Waals surface area (Å²) in [6, 6.07) is 5.00. The van der Waals surface area contributed by atoms with Crippen molar-refractivity contribution in [3.8, 4) is 0 Å². The molecule has 2 aliphatic rings. The molecular formula is C15H22ClN3O3S. The zero-order valence-corrected chi connectivity index (χ0v) is 14.7. The second-order valence-corrected chi connectivity index (χ2v) is 7.69. The first-order valence-corrected chi connectivity index (χ1v) is 9.07. The summed E-state index contributed by atoms with van der Waals surface area (Å²) < 4.78 is 27.5. The Labute approximate surface area is 143 Å². The minimum atomic E-state index is -3.49. The minimum absolute atomic E-state index is 0. The fraction of sp³-hybridized carbons (Fsp3) is 0.533. The lowest BCUT2D eigenvalue weighted by Crippen LogP contribution is -2.30. The largest absolute Gasteiger partial charge is 0.316 e. The number of rotatable bonds is 4. The van der Waals surface area contributed by atoms with Crippen LogP contribution in [0.3, 0.4) is 0 Å². The molecule has 1 amide bonds. The first-order valence-electron chi connectivity index (χ1n) is 7.59. The molecule has 8 heteroatoms. The maximum atomic E-state index is 12.4. The summed E-state index contributed by atoms with van der Waals surface area (Å²) in [5, 5.41) is 3.23. The van der Waals surface area contributed by atoms with Crippen LogP contribution in [0.2, 0.25) is 0 Å². The zero-order valence-electron chi connectivity index (χ0n) is 13.0. The molecule has 1 aromatic rings. The van der Waals surface area contributed by atoms with E-state index < -0.39 is 10.0 Å². The molecule has 1 saturated heterocycles. The lowest BCUT2D eigenvalue weighted by molar-refractivity contribution is -0.116. The number of hydrogen-bond acceptors (Lipinski definition) is 4. The van der Waals surface area contributed by atoms with Crippen molar-refractivity contribution >= 4 is 34.0 Å². The molecule has 23 heavy (non-hydrogen) atoms. The van der Waals surface area contributed by atoms with Crippen molar-refractivity contribution in [3.05, 3.63) is 23.8 Å². The van der Waals surface area contributed by atoms with Gasteiger partial charge in [0.1, 0.15) is 0 Å². The normalized spacial score (nSPS) is 20.2. The van der Waals surface area contributed by atoms with Gasteiger partial charge in [0.25, 0.3) is 0 Å². The number of fused-ring (bicyclic) bond motifs is 1. The topological polar surface area (TPSA) is 78.5 Å². The Morgan fingerprint density at radius 1 is 1.43 bits per heavy atom. The maximum absolute atomic E-state index is 12.4. The summed E-state index contributed by atoms with van der Waals surface area (Å²) in [7, 11) is -3.49. The molecule has 0 bridgehead atoms. The van der Waals surface area contributed by atoms with Crippen LogP contribution in [0.5, 0.6) is 0 Å². The lowest BCUT2D eigenvalue weighted by Gasteiger charge is -2.15. The second-order valence-electron chi connectivity index (χ2n) is 5.92. The van der Waals surface area contributed by atoms with Crippen LogP contribution in [0, 0.1) is 5.92 Å². The predicted octanol–water partition coefficient (Wildman–Crippen LogP) is 0.905. The van der Waals surface area contributed by atoms with Crippen molar-refractivity contribution in [1.82, 2.24) is 10.0 Å². The third-order valence-electron chi connectivity index (χ3n) is 4.36. The van der Waals surface area contributed by atoms with Crippen LogP contribution in [0.4, 0.5) is 5.69 Å². The molecule has 0 aromatic heterocycles. The van der Waals surface area contributed by atoms with Crippen LogP contribution in [0.15, 0.2) is 23.1 Å². The van der Waals surface area contributed by atoms with Gasteiger partial charge in [-0.1, -0.05) is 0 Å². The van der Waals surface area contributed by atoms with Crippen molar-refractivity contribution in [2.75, 3.05) is 31.1 Å². The van der Waals surface area contributed by atoms with Crippen molar-refractivity contribution < 1.29 is 13.2 Å². The summed E-state index contributed by atoms with van der Waals surface area (Å²) in [6.45, 7) is 4.42. The van der Waals surface area contributed by atoms with Crippen molar-refractivity contribution in [2.45, 2.75) is 24.7 Å². The highest BCUT2D eigenvalue weighted by molar-refractivity contribution is 7.89. The minimum Gasteiger partial charge on any atom is -0.316 e. The summed E-state index contributed by atoms with van der Waals surface area (Å²) in [5.41, 5.74) is 1.74. The average Bonchev–Trinajstić information content (AvgIpc) is 3.13. The van der Waals surface area contributed by atoms with Crippen LogP contribution < -0.4 is 14.9 Å². The molecule has 0 aliphatic carbocycles. The van der Waals surface area contributed by atoms with Gasteiger partial charge in [-0.2, -0.15) is 0 Å². The molecule has 128 valence electrons. The van der Waals surface area contributed by atoms with Gasteiger partial charge >= 0.3 is 0 Å². The van der Waals surface area contributed by atoms with Crippen LogP contribution in [-0.4, -0.2) is 40.5 Å². The monoisotopic (exact) mass is 359 g/mol. The average molecular weight is 360 g/mol. The van der Waals surface area contributed by atoms with E-state index in [1.165, 1.54) is 6.92 Å². The van der Waals surface area contributed by atoms with E-state index in [2.05, 4.69) is 10.0 Å². The summed E-state index contributed by atoms with van der Waals surface area (Å²) in [4.78, 5) is 13.5. The fourth-order valence-electron chi connectivity index (χ4n) is 3.07. The first kappa shape index (κ1) is 18.2. The predicted molar refractivity (Wildman–Crippen MR) is 91.6 cm³/mol. The van der Waals surface area contributed by atoms with Gasteiger partial charge in [0.2, 0.25) is 15.9 Å². The van der Waals surface area contributed by atoms with Gasteiger partial charge in [0.05, 0.1) is 4.90 Å². The third-order valence-corrected chi connectivity index (χ3v) is 5.78. The van der Waals surface area contributed by atoms with Gasteiger partial charge in [-0.25, -0.2) is 13.1 Å². The Hall–Kier alpha value is -1.15. The van der Waals surface area contributed by atoms with Gasteiger partial charge in [-0.05, 0) is 55.6 Å². The zero-order chi connectivity index (χ0) is 15.7. The number of amides is 1. The van der Waals surface area contributed by atoms with Crippen molar-refractivity contribution in [1.29, 1.82) is 0 Å². The fourth-order valence-corrected chi connectivity index (χ4v) is 4.24. The first-order chi connectivity index (χ1) is 10.5. The number of carbonyl (C=O) groups excluding carboxylic acids is 1. The van der Waals surface area contributed by atoms with Crippen molar-refractivity contribution in [3.63, 3.8) is 0 Å². The summed E-state index contributed by atoms with van der Waals surface area (Å²) in [6.07, 6.45) is 1.70. The van der Waals surface area contributed by atoms with Gasteiger partial charge < -0.3 is 10.2 Å². The van der Waals surface area contributed by atoms with Gasteiger partial charge in [0, 0.05) is 25.7 Å². The van der Waals surface area contributed by atoms with E-state index in [0.29, 0.717) is 25.4 Å². The molecule has 0 saturated carbocycles. The highest BCUT2D eigenvalue weighted by Crippen LogP contribution is 2.30. The van der Waals surface area contributed by atoms with E-state index in [4.69, 9.17) is 0 Å². The quantitative estimate of drug-likeness (QED) is 0.837. The molecule has 0 radical (unpaired) electrons. The number of nitrogens with one attached hydrogen (secondary N) is 2. The molecule has 1 fully saturated rings. The molecule has 1 aromatic carbocycles. The Bertz CT molecular complexity index is 687. The Morgan fingerprint density at radius 2 is 2.22 bits per heavy atom. The van der Waals surface area contributed by atoms with Gasteiger partial charge in [-0.15, -0.1) is 12.4 Å². The Balaban J connectivity index is 0.00000192. The standard InChI is InChI=1S/C15H21N3O3S.ClH/c1-11(19)18-7-5-13-8-14(2-3-15(13)18)22(20,21)17-10-12-4-6-16-9-12;/h2-3,8,12,16-17H,4-7,9-10H2,1H3;1H. The molecule has 1 atom stereocenters. The third kappa shape index (κ3) is 3.85. The highest BCUT2D eigenvalue weighted by Gasteiger charge is 2.25.